The number of nitrogens with zero attached hydrogens (tertiary/aromatic N) is 2. The third-order valence-electron chi connectivity index (χ3n) is 3.48. The Morgan fingerprint density at radius 3 is 2.48 bits per heavy atom. The summed E-state index contributed by atoms with van der Waals surface area (Å²) < 4.78 is 40.3. The van der Waals surface area contributed by atoms with E-state index < -0.39 is 11.7 Å². The van der Waals surface area contributed by atoms with Crippen molar-refractivity contribution >= 4 is 35.1 Å². The van der Waals surface area contributed by atoms with Crippen molar-refractivity contribution in [3.63, 3.8) is 0 Å². The van der Waals surface area contributed by atoms with Crippen molar-refractivity contribution in [1.29, 1.82) is 0 Å². The van der Waals surface area contributed by atoms with Crippen LogP contribution in [0.5, 0.6) is 0 Å². The van der Waals surface area contributed by atoms with Crippen LogP contribution in [-0.2, 0) is 6.18 Å². The molecule has 0 fully saturated rings. The maximum atomic E-state index is 12.9. The Kier molecular flexibility index (Phi) is 4.88. The summed E-state index contributed by atoms with van der Waals surface area (Å²) >= 11 is 11.9. The molecule has 0 aliphatic rings. The van der Waals surface area contributed by atoms with Gasteiger partial charge in [-0.05, 0) is 48.5 Å². The zero-order valence-corrected chi connectivity index (χ0v) is 14.1. The van der Waals surface area contributed by atoms with Gasteiger partial charge in [0, 0.05) is 16.9 Å². The molecule has 2 nitrogen and oxygen atoms in total. The van der Waals surface area contributed by atoms with Gasteiger partial charge < -0.3 is 4.57 Å². The maximum Gasteiger partial charge on any atom is 0.416 e. The minimum Gasteiger partial charge on any atom is -0.316 e. The molecule has 0 N–H and O–H groups in total. The number of rotatable bonds is 3. The quantitative estimate of drug-likeness (QED) is 0.456. The second kappa shape index (κ2) is 6.94. The summed E-state index contributed by atoms with van der Waals surface area (Å²) in [7, 11) is 0. The monoisotopic (exact) mass is 382 g/mol. The van der Waals surface area contributed by atoms with Gasteiger partial charge in [-0.25, -0.2) is 0 Å². The van der Waals surface area contributed by atoms with Crippen LogP contribution in [0.3, 0.4) is 0 Å². The van der Waals surface area contributed by atoms with Crippen LogP contribution >= 0.6 is 23.2 Å². The molecule has 0 aliphatic heterocycles. The van der Waals surface area contributed by atoms with Gasteiger partial charge >= 0.3 is 6.18 Å². The summed E-state index contributed by atoms with van der Waals surface area (Å²) in [5, 5.41) is 0.886. The van der Waals surface area contributed by atoms with Crippen LogP contribution in [0.1, 0.15) is 11.3 Å². The van der Waals surface area contributed by atoms with Crippen LogP contribution in [0.2, 0.25) is 10.0 Å². The van der Waals surface area contributed by atoms with E-state index in [-0.39, 0.29) is 0 Å². The molecule has 128 valence electrons. The number of hydrogen-bond donors (Lipinski definition) is 0. The zero-order valence-electron chi connectivity index (χ0n) is 12.6. The molecular formula is C18H11Cl2F3N2. The van der Waals surface area contributed by atoms with E-state index in [1.807, 2.05) is 0 Å². The van der Waals surface area contributed by atoms with Crippen molar-refractivity contribution in [2.45, 2.75) is 6.18 Å². The van der Waals surface area contributed by atoms with Crippen molar-refractivity contribution in [3.8, 4) is 5.69 Å². The Morgan fingerprint density at radius 2 is 1.76 bits per heavy atom. The third-order valence-corrected chi connectivity index (χ3v) is 4.02. The molecule has 1 aromatic heterocycles. The average Bonchev–Trinajstić information content (AvgIpc) is 3.02. The van der Waals surface area contributed by atoms with Gasteiger partial charge in [-0.1, -0.05) is 29.3 Å². The molecule has 0 saturated carbocycles. The summed E-state index contributed by atoms with van der Waals surface area (Å²) in [6.45, 7) is 0. The van der Waals surface area contributed by atoms with E-state index in [1.54, 1.807) is 47.2 Å². The molecule has 7 heteroatoms. The molecule has 0 unspecified atom stereocenters. The summed E-state index contributed by atoms with van der Waals surface area (Å²) in [6.07, 6.45) is -1.19. The first-order valence-electron chi connectivity index (χ1n) is 7.19. The highest BCUT2D eigenvalue weighted by Gasteiger charge is 2.30. The minimum atomic E-state index is -4.39. The van der Waals surface area contributed by atoms with E-state index in [0.717, 1.165) is 12.1 Å². The van der Waals surface area contributed by atoms with Crippen LogP contribution < -0.4 is 0 Å². The third kappa shape index (κ3) is 4.06. The Labute approximate surface area is 152 Å². The molecule has 3 rings (SSSR count). The lowest BCUT2D eigenvalue weighted by Gasteiger charge is -2.11. The van der Waals surface area contributed by atoms with E-state index in [4.69, 9.17) is 23.2 Å². The molecule has 3 aromatic rings. The number of alkyl halides is 3. The lowest BCUT2D eigenvalue weighted by Crippen LogP contribution is -2.06. The van der Waals surface area contributed by atoms with Gasteiger partial charge in [0.1, 0.15) is 0 Å². The van der Waals surface area contributed by atoms with E-state index >= 15 is 0 Å². The molecule has 2 aromatic carbocycles. The predicted octanol–water partition coefficient (Wildman–Crippen LogP) is 6.55. The smallest absolute Gasteiger partial charge is 0.316 e. The topological polar surface area (TPSA) is 17.3 Å². The van der Waals surface area contributed by atoms with E-state index in [0.29, 0.717) is 27.1 Å². The highest BCUT2D eigenvalue weighted by atomic mass is 35.5. The minimum absolute atomic E-state index is 0.390. The van der Waals surface area contributed by atoms with Gasteiger partial charge in [0.15, 0.2) is 0 Å². The summed E-state index contributed by atoms with van der Waals surface area (Å²) in [6, 6.07) is 13.5. The second-order valence-corrected chi connectivity index (χ2v) is 6.05. The summed E-state index contributed by atoms with van der Waals surface area (Å²) in [5.74, 6) is 0. The number of aliphatic imine (C=N–C) groups is 1. The molecule has 1 heterocycles. The SMILES string of the molecule is FC(F)(F)c1cccc(-n2cccc2C=Nc2ccc(Cl)cc2Cl)c1. The Bertz CT molecular complexity index is 930. The molecule has 25 heavy (non-hydrogen) atoms. The molecule has 0 bridgehead atoms. The van der Waals surface area contributed by atoms with Gasteiger partial charge in [0.05, 0.1) is 28.2 Å². The van der Waals surface area contributed by atoms with Gasteiger partial charge in [0.2, 0.25) is 0 Å². The van der Waals surface area contributed by atoms with Crippen molar-refractivity contribution in [3.05, 3.63) is 82.1 Å². The highest BCUT2D eigenvalue weighted by molar-refractivity contribution is 6.36. The average molecular weight is 383 g/mol. The fraction of sp³-hybridized carbons (Fsp3) is 0.0556. The number of aromatic nitrogens is 1. The van der Waals surface area contributed by atoms with Crippen molar-refractivity contribution in [2.24, 2.45) is 4.99 Å². The summed E-state index contributed by atoms with van der Waals surface area (Å²) in [5.41, 5.74) is 0.819. The highest BCUT2D eigenvalue weighted by Crippen LogP contribution is 2.31. The van der Waals surface area contributed by atoms with Gasteiger partial charge in [-0.2, -0.15) is 13.2 Å². The van der Waals surface area contributed by atoms with Crippen molar-refractivity contribution in [1.82, 2.24) is 4.57 Å². The van der Waals surface area contributed by atoms with E-state index in [9.17, 15) is 13.2 Å². The predicted molar refractivity (Wildman–Crippen MR) is 94.5 cm³/mol. The first-order chi connectivity index (χ1) is 11.8. The fourth-order valence-electron chi connectivity index (χ4n) is 2.29. The Hall–Kier alpha value is -2.24. The number of halogens is 5. The molecule has 0 saturated heterocycles. The van der Waals surface area contributed by atoms with Gasteiger partial charge in [-0.15, -0.1) is 0 Å². The fourth-order valence-corrected chi connectivity index (χ4v) is 2.75. The number of hydrogen-bond acceptors (Lipinski definition) is 1. The standard InChI is InChI=1S/C18H11Cl2F3N2/c19-13-6-7-17(16(20)10-13)24-11-15-5-2-8-25(15)14-4-1-3-12(9-14)18(21,22)23/h1-11H. The molecule has 0 atom stereocenters. The number of benzene rings is 2. The molecule has 0 aliphatic carbocycles. The first-order valence-corrected chi connectivity index (χ1v) is 7.94. The van der Waals surface area contributed by atoms with Crippen LogP contribution in [0, 0.1) is 0 Å². The largest absolute Gasteiger partial charge is 0.416 e. The Balaban J connectivity index is 1.95. The van der Waals surface area contributed by atoms with Gasteiger partial charge in [-0.3, -0.25) is 4.99 Å². The van der Waals surface area contributed by atoms with Crippen LogP contribution in [0.4, 0.5) is 18.9 Å². The lowest BCUT2D eigenvalue weighted by molar-refractivity contribution is -0.137. The first kappa shape index (κ1) is 17.6. The molecule has 0 radical (unpaired) electrons. The molecule has 0 spiro atoms. The normalized spacial score (nSPS) is 12.0. The lowest BCUT2D eigenvalue weighted by atomic mass is 10.2. The van der Waals surface area contributed by atoms with E-state index in [1.165, 1.54) is 12.3 Å². The van der Waals surface area contributed by atoms with Crippen molar-refractivity contribution < 1.29 is 13.2 Å². The van der Waals surface area contributed by atoms with E-state index in [2.05, 4.69) is 4.99 Å². The molecule has 0 amide bonds. The Morgan fingerprint density at radius 1 is 0.960 bits per heavy atom. The van der Waals surface area contributed by atoms with Crippen LogP contribution in [-0.4, -0.2) is 10.8 Å². The van der Waals surface area contributed by atoms with Gasteiger partial charge in [0.25, 0.3) is 0 Å². The van der Waals surface area contributed by atoms with Crippen LogP contribution in [0.25, 0.3) is 5.69 Å². The zero-order chi connectivity index (χ0) is 18.0. The molecular weight excluding hydrogens is 372 g/mol. The second-order valence-electron chi connectivity index (χ2n) is 5.21. The maximum absolute atomic E-state index is 12.9. The van der Waals surface area contributed by atoms with Crippen LogP contribution in [0.15, 0.2) is 65.8 Å². The van der Waals surface area contributed by atoms with Crippen molar-refractivity contribution in [2.75, 3.05) is 0 Å². The summed E-state index contributed by atoms with van der Waals surface area (Å²) in [4.78, 5) is 4.29.